The molecule has 0 saturated heterocycles. The minimum Gasteiger partial charge on any atom is -0.205 e. The van der Waals surface area contributed by atoms with Crippen LogP contribution >= 0.6 is 0 Å². The quantitative estimate of drug-likeness (QED) is 0.259. The zero-order valence-corrected chi connectivity index (χ0v) is 19.5. The Balaban J connectivity index is 1.70. The molecule has 0 bridgehead atoms. The van der Waals surface area contributed by atoms with E-state index in [1.165, 1.54) is 36.1 Å². The van der Waals surface area contributed by atoms with Crippen LogP contribution in [0.25, 0.3) is 0 Å². The third-order valence-electron chi connectivity index (χ3n) is 5.52. The lowest BCUT2D eigenvalue weighted by molar-refractivity contribution is 0.577. The van der Waals surface area contributed by atoms with Crippen LogP contribution in [-0.2, 0) is 12.8 Å². The summed E-state index contributed by atoms with van der Waals surface area (Å²) in [6.45, 7) is 4.35. The molecular formula is C31H30F2. The summed E-state index contributed by atoms with van der Waals surface area (Å²) in [5, 5.41) is 0. The molecule has 33 heavy (non-hydrogen) atoms. The van der Waals surface area contributed by atoms with E-state index in [1.807, 2.05) is 36.4 Å². The van der Waals surface area contributed by atoms with Crippen molar-refractivity contribution >= 4 is 0 Å². The molecule has 0 N–H and O–H groups in total. The highest BCUT2D eigenvalue weighted by Crippen LogP contribution is 2.15. The Kier molecular flexibility index (Phi) is 9.29. The number of halogens is 2. The molecule has 3 aromatic carbocycles. The minimum atomic E-state index is -0.696. The highest BCUT2D eigenvalue weighted by atomic mass is 19.1. The highest BCUT2D eigenvalue weighted by molar-refractivity contribution is 5.49. The van der Waals surface area contributed by atoms with Gasteiger partial charge in [-0.3, -0.25) is 0 Å². The van der Waals surface area contributed by atoms with Crippen molar-refractivity contribution in [2.24, 2.45) is 0 Å². The van der Waals surface area contributed by atoms with Gasteiger partial charge in [0.1, 0.15) is 11.6 Å². The molecule has 0 fully saturated rings. The van der Waals surface area contributed by atoms with E-state index in [0.717, 1.165) is 43.2 Å². The molecule has 0 radical (unpaired) electrons. The maximum absolute atomic E-state index is 14.5. The Morgan fingerprint density at radius 3 is 1.52 bits per heavy atom. The Hall–Kier alpha value is -3.36. The van der Waals surface area contributed by atoms with Crippen LogP contribution in [0.4, 0.5) is 8.78 Å². The molecule has 2 heteroatoms. The average Bonchev–Trinajstić information content (AvgIpc) is 2.82. The number of hydrogen-bond donors (Lipinski definition) is 0. The largest absolute Gasteiger partial charge is 0.205 e. The Morgan fingerprint density at radius 1 is 0.545 bits per heavy atom. The van der Waals surface area contributed by atoms with Crippen LogP contribution in [0.2, 0.25) is 0 Å². The summed E-state index contributed by atoms with van der Waals surface area (Å²) in [6.07, 6.45) is 7.97. The van der Waals surface area contributed by atoms with E-state index >= 15 is 0 Å². The molecule has 0 atom stereocenters. The lowest BCUT2D eigenvalue weighted by atomic mass is 10.0. The van der Waals surface area contributed by atoms with Gasteiger partial charge in [0, 0.05) is 16.7 Å². The predicted octanol–water partition coefficient (Wildman–Crippen LogP) is 7.84. The third kappa shape index (κ3) is 7.62. The smallest absolute Gasteiger partial charge is 0.143 e. The van der Waals surface area contributed by atoms with Crippen LogP contribution in [0.1, 0.15) is 79.3 Å². The van der Waals surface area contributed by atoms with Crippen molar-refractivity contribution in [2.45, 2.75) is 58.8 Å². The molecule has 3 aromatic rings. The number of aryl methyl sites for hydroxylation is 2. The molecule has 0 aliphatic rings. The minimum absolute atomic E-state index is 0.229. The van der Waals surface area contributed by atoms with Crippen LogP contribution in [0, 0.1) is 35.3 Å². The zero-order valence-electron chi connectivity index (χ0n) is 19.5. The number of benzene rings is 3. The second-order valence-electron chi connectivity index (χ2n) is 8.27. The number of hydrogen-bond acceptors (Lipinski definition) is 0. The summed E-state index contributed by atoms with van der Waals surface area (Å²) in [5.41, 5.74) is 4.14. The van der Waals surface area contributed by atoms with Gasteiger partial charge in [-0.2, -0.15) is 0 Å². The van der Waals surface area contributed by atoms with Crippen molar-refractivity contribution in [3.8, 4) is 23.7 Å². The molecule has 0 heterocycles. The number of unbranched alkanes of at least 4 members (excludes halogenated alkanes) is 3. The topological polar surface area (TPSA) is 0 Å². The van der Waals surface area contributed by atoms with Gasteiger partial charge in [-0.25, -0.2) is 8.78 Å². The van der Waals surface area contributed by atoms with Gasteiger partial charge in [0.15, 0.2) is 0 Å². The second kappa shape index (κ2) is 12.6. The van der Waals surface area contributed by atoms with E-state index in [2.05, 4.69) is 49.7 Å². The van der Waals surface area contributed by atoms with E-state index < -0.39 is 11.6 Å². The molecule has 0 spiro atoms. The Morgan fingerprint density at radius 2 is 1.00 bits per heavy atom. The second-order valence-corrected chi connectivity index (χ2v) is 8.27. The van der Waals surface area contributed by atoms with Gasteiger partial charge in [-0.15, -0.1) is 0 Å². The summed E-state index contributed by atoms with van der Waals surface area (Å²) in [6, 6.07) is 18.3. The predicted molar refractivity (Wildman–Crippen MR) is 133 cm³/mol. The molecule has 0 saturated carbocycles. The first kappa shape index (κ1) is 24.3. The maximum atomic E-state index is 14.5. The maximum Gasteiger partial charge on any atom is 0.143 e. The van der Waals surface area contributed by atoms with Crippen LogP contribution in [0.5, 0.6) is 0 Å². The standard InChI is InChI=1S/C31H30F2/c1-3-5-7-9-25-12-16-27(17-13-25)20-21-29-30(32)22-28(23-31(29)33)19-18-26-14-10-24(11-15-26)8-6-4-2/h10-17,22-23H,3-9H2,1-2H3. The van der Waals surface area contributed by atoms with Crippen LogP contribution in [0.3, 0.4) is 0 Å². The molecule has 168 valence electrons. The lowest BCUT2D eigenvalue weighted by Crippen LogP contribution is -1.93. The summed E-state index contributed by atoms with van der Waals surface area (Å²) < 4.78 is 29.1. The zero-order chi connectivity index (χ0) is 23.5. The van der Waals surface area contributed by atoms with Crippen molar-refractivity contribution in [3.63, 3.8) is 0 Å². The first-order chi connectivity index (χ1) is 16.1. The first-order valence-electron chi connectivity index (χ1n) is 11.8. The first-order valence-corrected chi connectivity index (χ1v) is 11.8. The summed E-state index contributed by atoms with van der Waals surface area (Å²) >= 11 is 0. The van der Waals surface area contributed by atoms with Crippen LogP contribution in [-0.4, -0.2) is 0 Å². The van der Waals surface area contributed by atoms with Gasteiger partial charge in [0.05, 0.1) is 5.56 Å². The lowest BCUT2D eigenvalue weighted by Gasteiger charge is -2.01. The highest BCUT2D eigenvalue weighted by Gasteiger charge is 2.08. The van der Waals surface area contributed by atoms with E-state index in [1.54, 1.807) is 0 Å². The van der Waals surface area contributed by atoms with Crippen LogP contribution in [0.15, 0.2) is 60.7 Å². The van der Waals surface area contributed by atoms with E-state index in [-0.39, 0.29) is 5.56 Å². The Labute approximate surface area is 197 Å². The summed E-state index contributed by atoms with van der Waals surface area (Å²) in [7, 11) is 0. The fraction of sp³-hybridized carbons (Fsp3) is 0.290. The normalized spacial score (nSPS) is 10.2. The average molecular weight is 441 g/mol. The van der Waals surface area contributed by atoms with E-state index in [4.69, 9.17) is 0 Å². The monoisotopic (exact) mass is 440 g/mol. The van der Waals surface area contributed by atoms with Gasteiger partial charge in [0.25, 0.3) is 0 Å². The van der Waals surface area contributed by atoms with Crippen molar-refractivity contribution < 1.29 is 8.78 Å². The third-order valence-corrected chi connectivity index (χ3v) is 5.52. The van der Waals surface area contributed by atoms with E-state index in [0.29, 0.717) is 5.56 Å². The van der Waals surface area contributed by atoms with Crippen molar-refractivity contribution in [3.05, 3.63) is 106 Å². The fourth-order valence-electron chi connectivity index (χ4n) is 3.51. The fourth-order valence-corrected chi connectivity index (χ4v) is 3.51. The van der Waals surface area contributed by atoms with Gasteiger partial charge >= 0.3 is 0 Å². The van der Waals surface area contributed by atoms with Gasteiger partial charge in [0.2, 0.25) is 0 Å². The van der Waals surface area contributed by atoms with Gasteiger partial charge < -0.3 is 0 Å². The summed E-state index contributed by atoms with van der Waals surface area (Å²) in [4.78, 5) is 0. The molecule has 0 aromatic heterocycles. The number of rotatable bonds is 7. The van der Waals surface area contributed by atoms with Crippen molar-refractivity contribution in [1.82, 2.24) is 0 Å². The van der Waals surface area contributed by atoms with Crippen molar-refractivity contribution in [1.29, 1.82) is 0 Å². The van der Waals surface area contributed by atoms with E-state index in [9.17, 15) is 8.78 Å². The summed E-state index contributed by atoms with van der Waals surface area (Å²) in [5.74, 6) is 9.96. The van der Waals surface area contributed by atoms with Crippen molar-refractivity contribution in [2.75, 3.05) is 0 Å². The van der Waals surface area contributed by atoms with Gasteiger partial charge in [-0.05, 0) is 73.2 Å². The van der Waals surface area contributed by atoms with Gasteiger partial charge in [-0.1, -0.05) is 81.1 Å². The molecule has 0 aliphatic heterocycles. The molecule has 0 amide bonds. The molecule has 0 unspecified atom stereocenters. The SMILES string of the molecule is CCCCCc1ccc(C#Cc2c(F)cc(C#Cc3ccc(CCCC)cc3)cc2F)cc1. The molecular weight excluding hydrogens is 410 g/mol. The Bertz CT molecular complexity index is 1140. The molecule has 0 aliphatic carbocycles. The van der Waals surface area contributed by atoms with Crippen LogP contribution < -0.4 is 0 Å². The molecule has 0 nitrogen and oxygen atoms in total. The molecule has 3 rings (SSSR count).